The second-order valence-corrected chi connectivity index (χ2v) is 3.33. The van der Waals surface area contributed by atoms with Crippen molar-refractivity contribution in [3.63, 3.8) is 0 Å². The molecular weight excluding hydrogens is 148 g/mol. The summed E-state index contributed by atoms with van der Waals surface area (Å²) in [7, 11) is 0. The molecule has 0 aromatic carbocycles. The Hall–Kier alpha value is -0.790. The number of aromatic nitrogens is 2. The fraction of sp³-hybridized carbons (Fsp3) is 0.700. The fourth-order valence-corrected chi connectivity index (χ4v) is 1.36. The molecule has 1 atom stereocenters. The third-order valence-electron chi connectivity index (χ3n) is 2.20. The van der Waals surface area contributed by atoms with Crippen LogP contribution < -0.4 is 0 Å². The quantitative estimate of drug-likeness (QED) is 0.615. The Kier molecular flexibility index (Phi) is 3.85. The molecule has 0 aliphatic carbocycles. The third-order valence-corrected chi connectivity index (χ3v) is 2.20. The van der Waals surface area contributed by atoms with Crippen molar-refractivity contribution in [1.29, 1.82) is 0 Å². The van der Waals surface area contributed by atoms with E-state index in [0.717, 1.165) is 0 Å². The van der Waals surface area contributed by atoms with Gasteiger partial charge in [0.2, 0.25) is 0 Å². The molecule has 2 heteroatoms. The molecule has 0 N–H and O–H groups in total. The number of hydrogen-bond acceptors (Lipinski definition) is 1. The first-order valence-corrected chi connectivity index (χ1v) is 4.83. The predicted molar refractivity (Wildman–Crippen MR) is 51.1 cm³/mol. The number of unbranched alkanes of at least 4 members (excludes halogenated alkanes) is 2. The van der Waals surface area contributed by atoms with Crippen molar-refractivity contribution < 1.29 is 0 Å². The summed E-state index contributed by atoms with van der Waals surface area (Å²) in [5, 5.41) is 4.21. The first kappa shape index (κ1) is 9.30. The maximum atomic E-state index is 4.21. The van der Waals surface area contributed by atoms with Gasteiger partial charge in [-0.3, -0.25) is 4.68 Å². The van der Waals surface area contributed by atoms with Crippen LogP contribution in [0, 0.1) is 0 Å². The Morgan fingerprint density at radius 3 is 2.83 bits per heavy atom. The van der Waals surface area contributed by atoms with Crippen molar-refractivity contribution in [2.24, 2.45) is 0 Å². The molecule has 0 saturated heterocycles. The molecule has 1 unspecified atom stereocenters. The average Bonchev–Trinajstić information content (AvgIpc) is 2.56. The summed E-state index contributed by atoms with van der Waals surface area (Å²) in [6.07, 6.45) is 9.08. The van der Waals surface area contributed by atoms with Gasteiger partial charge in [-0.1, -0.05) is 26.2 Å². The molecule has 1 rings (SSSR count). The lowest BCUT2D eigenvalue weighted by atomic mass is 10.1. The molecule has 0 spiro atoms. The van der Waals surface area contributed by atoms with Gasteiger partial charge in [-0.15, -0.1) is 0 Å². The van der Waals surface area contributed by atoms with Gasteiger partial charge in [-0.2, -0.15) is 5.10 Å². The van der Waals surface area contributed by atoms with E-state index >= 15 is 0 Å². The molecule has 12 heavy (non-hydrogen) atoms. The summed E-state index contributed by atoms with van der Waals surface area (Å²) >= 11 is 0. The highest BCUT2D eigenvalue weighted by atomic mass is 15.3. The summed E-state index contributed by atoms with van der Waals surface area (Å²) in [5.41, 5.74) is 0. The molecule has 0 radical (unpaired) electrons. The normalized spacial score (nSPS) is 13.2. The first-order chi connectivity index (χ1) is 5.84. The van der Waals surface area contributed by atoms with Gasteiger partial charge < -0.3 is 0 Å². The van der Waals surface area contributed by atoms with E-state index in [9.17, 15) is 0 Å². The summed E-state index contributed by atoms with van der Waals surface area (Å²) in [6, 6.07) is 2.54. The number of hydrogen-bond donors (Lipinski definition) is 0. The minimum absolute atomic E-state index is 0.562. The molecule has 0 bridgehead atoms. The molecule has 0 saturated carbocycles. The van der Waals surface area contributed by atoms with E-state index in [4.69, 9.17) is 0 Å². The van der Waals surface area contributed by atoms with Crippen LogP contribution in [-0.2, 0) is 0 Å². The SMILES string of the molecule is CCCCCC(C)n1cccn1. The van der Waals surface area contributed by atoms with Crippen LogP contribution in [0.25, 0.3) is 0 Å². The molecule has 1 aromatic rings. The van der Waals surface area contributed by atoms with Gasteiger partial charge in [-0.05, 0) is 19.4 Å². The number of nitrogens with zero attached hydrogens (tertiary/aromatic N) is 2. The molecule has 68 valence electrons. The first-order valence-electron chi connectivity index (χ1n) is 4.83. The molecule has 0 aliphatic heterocycles. The van der Waals surface area contributed by atoms with Gasteiger partial charge in [0.05, 0.1) is 0 Å². The van der Waals surface area contributed by atoms with Crippen molar-refractivity contribution in [3.8, 4) is 0 Å². The molecular formula is C10H18N2. The topological polar surface area (TPSA) is 17.8 Å². The maximum Gasteiger partial charge on any atom is 0.0491 e. The third kappa shape index (κ3) is 2.68. The summed E-state index contributed by atoms with van der Waals surface area (Å²) in [6.45, 7) is 4.46. The second kappa shape index (κ2) is 4.96. The van der Waals surface area contributed by atoms with Crippen molar-refractivity contribution in [2.45, 2.75) is 45.6 Å². The average molecular weight is 166 g/mol. The lowest BCUT2D eigenvalue weighted by Crippen LogP contribution is -2.04. The standard InChI is InChI=1S/C10H18N2/c1-3-4-5-7-10(2)12-9-6-8-11-12/h6,8-10H,3-5,7H2,1-2H3. The van der Waals surface area contributed by atoms with Crippen LogP contribution >= 0.6 is 0 Å². The molecule has 0 aliphatic rings. The minimum atomic E-state index is 0.562. The Morgan fingerprint density at radius 1 is 1.42 bits per heavy atom. The maximum absolute atomic E-state index is 4.21. The smallest absolute Gasteiger partial charge is 0.0491 e. The fourth-order valence-electron chi connectivity index (χ4n) is 1.36. The van der Waals surface area contributed by atoms with E-state index in [0.29, 0.717) is 6.04 Å². The lowest BCUT2D eigenvalue weighted by Gasteiger charge is -2.10. The van der Waals surface area contributed by atoms with Gasteiger partial charge >= 0.3 is 0 Å². The second-order valence-electron chi connectivity index (χ2n) is 3.33. The summed E-state index contributed by atoms with van der Waals surface area (Å²) < 4.78 is 2.04. The monoisotopic (exact) mass is 166 g/mol. The summed E-state index contributed by atoms with van der Waals surface area (Å²) in [4.78, 5) is 0. The molecule has 0 fully saturated rings. The Morgan fingerprint density at radius 2 is 2.25 bits per heavy atom. The Labute approximate surface area is 74.6 Å². The molecule has 1 aromatic heterocycles. The van der Waals surface area contributed by atoms with E-state index in [-0.39, 0.29) is 0 Å². The van der Waals surface area contributed by atoms with Gasteiger partial charge in [0.25, 0.3) is 0 Å². The minimum Gasteiger partial charge on any atom is -0.270 e. The van der Waals surface area contributed by atoms with Crippen molar-refractivity contribution in [1.82, 2.24) is 9.78 Å². The van der Waals surface area contributed by atoms with E-state index in [1.165, 1.54) is 25.7 Å². The van der Waals surface area contributed by atoms with Gasteiger partial charge in [0.15, 0.2) is 0 Å². The van der Waals surface area contributed by atoms with Gasteiger partial charge in [-0.25, -0.2) is 0 Å². The van der Waals surface area contributed by atoms with Crippen LogP contribution in [0.1, 0.15) is 45.6 Å². The van der Waals surface area contributed by atoms with Crippen LogP contribution in [-0.4, -0.2) is 9.78 Å². The van der Waals surface area contributed by atoms with Gasteiger partial charge in [0, 0.05) is 18.4 Å². The lowest BCUT2D eigenvalue weighted by molar-refractivity contribution is 0.438. The largest absolute Gasteiger partial charge is 0.270 e. The van der Waals surface area contributed by atoms with Crippen molar-refractivity contribution in [2.75, 3.05) is 0 Å². The molecule has 2 nitrogen and oxygen atoms in total. The molecule has 0 amide bonds. The van der Waals surface area contributed by atoms with E-state index in [2.05, 4.69) is 18.9 Å². The van der Waals surface area contributed by atoms with Crippen LogP contribution in [0.3, 0.4) is 0 Å². The number of rotatable bonds is 5. The zero-order valence-corrected chi connectivity index (χ0v) is 8.03. The highest BCUT2D eigenvalue weighted by molar-refractivity contribution is 4.80. The van der Waals surface area contributed by atoms with E-state index in [1.807, 2.05) is 23.1 Å². The highest BCUT2D eigenvalue weighted by Gasteiger charge is 2.02. The summed E-state index contributed by atoms with van der Waals surface area (Å²) in [5.74, 6) is 0. The zero-order chi connectivity index (χ0) is 8.81. The predicted octanol–water partition coefficient (Wildman–Crippen LogP) is 3.02. The van der Waals surface area contributed by atoms with Crippen molar-refractivity contribution >= 4 is 0 Å². The Balaban J connectivity index is 2.25. The molecule has 1 heterocycles. The van der Waals surface area contributed by atoms with Crippen LogP contribution in [0.2, 0.25) is 0 Å². The van der Waals surface area contributed by atoms with Crippen LogP contribution in [0.5, 0.6) is 0 Å². The van der Waals surface area contributed by atoms with E-state index in [1.54, 1.807) is 0 Å². The highest BCUT2D eigenvalue weighted by Crippen LogP contribution is 2.13. The van der Waals surface area contributed by atoms with Crippen LogP contribution in [0.4, 0.5) is 0 Å². The Bertz CT molecular complexity index is 192. The van der Waals surface area contributed by atoms with Gasteiger partial charge in [0.1, 0.15) is 0 Å². The van der Waals surface area contributed by atoms with Crippen LogP contribution in [0.15, 0.2) is 18.5 Å². The van der Waals surface area contributed by atoms with E-state index < -0.39 is 0 Å². The zero-order valence-electron chi connectivity index (χ0n) is 8.03. The van der Waals surface area contributed by atoms with Crippen molar-refractivity contribution in [3.05, 3.63) is 18.5 Å².